The van der Waals surface area contributed by atoms with Gasteiger partial charge in [-0.1, -0.05) is 29.8 Å². The van der Waals surface area contributed by atoms with Crippen LogP contribution in [-0.4, -0.2) is 16.9 Å². The van der Waals surface area contributed by atoms with Gasteiger partial charge in [0.25, 0.3) is 0 Å². The van der Waals surface area contributed by atoms with Gasteiger partial charge >= 0.3 is 0 Å². The van der Waals surface area contributed by atoms with Crippen LogP contribution in [0.1, 0.15) is 29.8 Å². The number of aryl methyl sites for hydroxylation is 2. The Morgan fingerprint density at radius 2 is 2.05 bits per heavy atom. The van der Waals surface area contributed by atoms with Crippen LogP contribution in [0.4, 0.5) is 0 Å². The molecule has 5 heteroatoms. The van der Waals surface area contributed by atoms with Crippen LogP contribution in [0.25, 0.3) is 0 Å². The fraction of sp³-hybridized carbons (Fsp3) is 0.357. The average Bonchev–Trinajstić information content (AvgIpc) is 2.85. The second-order valence-corrected chi connectivity index (χ2v) is 4.42. The largest absolute Gasteiger partial charge is 0.493 e. The monoisotopic (exact) mass is 260 g/mol. The maximum absolute atomic E-state index is 5.73. The van der Waals surface area contributed by atoms with E-state index in [1.807, 2.05) is 11.6 Å². The molecule has 0 aliphatic carbocycles. The van der Waals surface area contributed by atoms with Crippen molar-refractivity contribution in [3.05, 3.63) is 47.3 Å². The van der Waals surface area contributed by atoms with E-state index < -0.39 is 0 Å². The molecule has 2 aromatic rings. The van der Waals surface area contributed by atoms with Crippen molar-refractivity contribution in [2.75, 3.05) is 7.11 Å². The van der Waals surface area contributed by atoms with Gasteiger partial charge in [0, 0.05) is 6.54 Å². The third-order valence-corrected chi connectivity index (χ3v) is 3.22. The second-order valence-electron chi connectivity index (χ2n) is 4.42. The number of nitrogens with two attached hydrogens (primary N) is 1. The Kier molecular flexibility index (Phi) is 4.19. The number of hydrogen-bond acceptors (Lipinski definition) is 4. The maximum Gasteiger partial charge on any atom is 0.161 e. The summed E-state index contributed by atoms with van der Waals surface area (Å²) in [6.07, 6.45) is 1.72. The van der Waals surface area contributed by atoms with E-state index in [2.05, 4.69) is 41.7 Å². The molecule has 0 saturated heterocycles. The quantitative estimate of drug-likeness (QED) is 0.635. The van der Waals surface area contributed by atoms with E-state index in [9.17, 15) is 0 Å². The zero-order chi connectivity index (χ0) is 13.8. The molecule has 2 rings (SSSR count). The number of aromatic nitrogens is 2. The van der Waals surface area contributed by atoms with E-state index in [1.54, 1.807) is 13.3 Å². The van der Waals surface area contributed by atoms with Crippen molar-refractivity contribution in [2.45, 2.75) is 26.4 Å². The van der Waals surface area contributed by atoms with Crippen LogP contribution in [0.15, 0.2) is 30.5 Å². The standard InChI is InChI=1S/C14H20N4O/c1-4-18-14(12(19-3)9-16-18)13(17-15)11-7-5-10(2)6-8-11/h5-9,13,17H,4,15H2,1-3H3. The number of nitrogens with zero attached hydrogens (tertiary/aromatic N) is 2. The summed E-state index contributed by atoms with van der Waals surface area (Å²) in [4.78, 5) is 0. The van der Waals surface area contributed by atoms with Crippen molar-refractivity contribution in [3.8, 4) is 5.75 Å². The lowest BCUT2D eigenvalue weighted by Crippen LogP contribution is -2.31. The molecule has 5 nitrogen and oxygen atoms in total. The summed E-state index contributed by atoms with van der Waals surface area (Å²) in [6.45, 7) is 4.87. The van der Waals surface area contributed by atoms with E-state index >= 15 is 0 Å². The molecule has 1 heterocycles. The van der Waals surface area contributed by atoms with Gasteiger partial charge in [-0.15, -0.1) is 0 Å². The third kappa shape index (κ3) is 2.62. The van der Waals surface area contributed by atoms with Crippen molar-refractivity contribution in [3.63, 3.8) is 0 Å². The molecule has 102 valence electrons. The van der Waals surface area contributed by atoms with E-state index in [0.717, 1.165) is 23.6 Å². The van der Waals surface area contributed by atoms with Crippen LogP contribution < -0.4 is 16.0 Å². The lowest BCUT2D eigenvalue weighted by Gasteiger charge is -2.19. The summed E-state index contributed by atoms with van der Waals surface area (Å²) in [5.74, 6) is 6.48. The number of benzene rings is 1. The Hall–Kier alpha value is -1.85. The molecule has 0 saturated carbocycles. The summed E-state index contributed by atoms with van der Waals surface area (Å²) in [5, 5.41) is 4.31. The minimum Gasteiger partial charge on any atom is -0.493 e. The number of rotatable bonds is 5. The summed E-state index contributed by atoms with van der Waals surface area (Å²) >= 11 is 0. The van der Waals surface area contributed by atoms with Gasteiger partial charge in [0.05, 0.1) is 19.3 Å². The highest BCUT2D eigenvalue weighted by molar-refractivity contribution is 5.37. The van der Waals surface area contributed by atoms with Gasteiger partial charge in [0.15, 0.2) is 5.75 Å². The van der Waals surface area contributed by atoms with Crippen LogP contribution in [0.3, 0.4) is 0 Å². The molecule has 3 N–H and O–H groups in total. The molecule has 0 radical (unpaired) electrons. The molecule has 1 aromatic carbocycles. The molecule has 19 heavy (non-hydrogen) atoms. The smallest absolute Gasteiger partial charge is 0.161 e. The van der Waals surface area contributed by atoms with Crippen LogP contribution >= 0.6 is 0 Å². The van der Waals surface area contributed by atoms with E-state index in [-0.39, 0.29) is 6.04 Å². The highest BCUT2D eigenvalue weighted by atomic mass is 16.5. The Bertz CT molecular complexity index is 511. The molecule has 1 aromatic heterocycles. The van der Waals surface area contributed by atoms with E-state index in [4.69, 9.17) is 10.6 Å². The zero-order valence-corrected chi connectivity index (χ0v) is 11.6. The fourth-order valence-electron chi connectivity index (χ4n) is 2.17. The summed E-state index contributed by atoms with van der Waals surface area (Å²) in [6, 6.07) is 8.12. The number of nitrogens with one attached hydrogen (secondary N) is 1. The number of hydrazine groups is 1. The molecular weight excluding hydrogens is 240 g/mol. The Labute approximate surface area is 113 Å². The first-order valence-electron chi connectivity index (χ1n) is 6.33. The van der Waals surface area contributed by atoms with Crippen LogP contribution in [0.2, 0.25) is 0 Å². The molecule has 0 fully saturated rings. The summed E-state index contributed by atoms with van der Waals surface area (Å²) < 4.78 is 7.27. The molecule has 0 amide bonds. The van der Waals surface area contributed by atoms with E-state index in [1.165, 1.54) is 5.56 Å². The minimum atomic E-state index is -0.141. The van der Waals surface area contributed by atoms with Crippen LogP contribution in [-0.2, 0) is 6.54 Å². The van der Waals surface area contributed by atoms with Gasteiger partial charge in [-0.2, -0.15) is 5.10 Å². The van der Waals surface area contributed by atoms with Gasteiger partial charge in [-0.05, 0) is 19.4 Å². The average molecular weight is 260 g/mol. The van der Waals surface area contributed by atoms with Crippen molar-refractivity contribution >= 4 is 0 Å². The van der Waals surface area contributed by atoms with Gasteiger partial charge in [0.1, 0.15) is 5.69 Å². The summed E-state index contributed by atoms with van der Waals surface area (Å²) in [7, 11) is 1.64. The molecule has 0 aliphatic rings. The Morgan fingerprint density at radius 1 is 1.37 bits per heavy atom. The highest BCUT2D eigenvalue weighted by Crippen LogP contribution is 2.29. The molecular formula is C14H20N4O. The molecule has 0 bridgehead atoms. The molecule has 1 atom stereocenters. The van der Waals surface area contributed by atoms with Crippen molar-refractivity contribution in [1.82, 2.24) is 15.2 Å². The third-order valence-electron chi connectivity index (χ3n) is 3.22. The van der Waals surface area contributed by atoms with Gasteiger partial charge in [0.2, 0.25) is 0 Å². The van der Waals surface area contributed by atoms with Crippen molar-refractivity contribution in [1.29, 1.82) is 0 Å². The fourth-order valence-corrected chi connectivity index (χ4v) is 2.17. The maximum atomic E-state index is 5.73. The first kappa shape index (κ1) is 13.6. The lowest BCUT2D eigenvalue weighted by atomic mass is 10.0. The SMILES string of the molecule is CCn1ncc(OC)c1C(NN)c1ccc(C)cc1. The first-order chi connectivity index (χ1) is 9.21. The van der Waals surface area contributed by atoms with Gasteiger partial charge in [-0.3, -0.25) is 10.5 Å². The predicted octanol–water partition coefficient (Wildman–Crippen LogP) is 1.77. The van der Waals surface area contributed by atoms with Gasteiger partial charge in [-0.25, -0.2) is 5.43 Å². The van der Waals surface area contributed by atoms with Crippen molar-refractivity contribution < 1.29 is 4.74 Å². The van der Waals surface area contributed by atoms with Crippen molar-refractivity contribution in [2.24, 2.45) is 5.84 Å². The molecule has 0 aliphatic heterocycles. The lowest BCUT2D eigenvalue weighted by molar-refractivity contribution is 0.399. The first-order valence-corrected chi connectivity index (χ1v) is 6.33. The predicted molar refractivity (Wildman–Crippen MR) is 74.8 cm³/mol. The minimum absolute atomic E-state index is 0.141. The van der Waals surface area contributed by atoms with Crippen LogP contribution in [0, 0.1) is 6.92 Å². The van der Waals surface area contributed by atoms with Gasteiger partial charge < -0.3 is 4.74 Å². The number of hydrogen-bond donors (Lipinski definition) is 2. The normalized spacial score (nSPS) is 12.4. The topological polar surface area (TPSA) is 65.1 Å². The summed E-state index contributed by atoms with van der Waals surface area (Å²) in [5.41, 5.74) is 6.09. The number of methoxy groups -OCH3 is 1. The molecule has 1 unspecified atom stereocenters. The van der Waals surface area contributed by atoms with Crippen LogP contribution in [0.5, 0.6) is 5.75 Å². The van der Waals surface area contributed by atoms with E-state index in [0.29, 0.717) is 0 Å². The zero-order valence-electron chi connectivity index (χ0n) is 11.6. The Morgan fingerprint density at radius 3 is 2.58 bits per heavy atom. The Balaban J connectivity index is 2.46. The highest BCUT2D eigenvalue weighted by Gasteiger charge is 2.22. The number of ether oxygens (including phenoxy) is 1. The molecule has 0 spiro atoms. The second kappa shape index (κ2) is 5.86.